The number of aliphatic carboxylic acids is 2. The van der Waals surface area contributed by atoms with Gasteiger partial charge in [-0.15, -0.1) is 11.8 Å². The van der Waals surface area contributed by atoms with Crippen LogP contribution in [0.3, 0.4) is 0 Å². The molecule has 0 bridgehead atoms. The van der Waals surface area contributed by atoms with Crippen molar-refractivity contribution in [3.8, 4) is 5.69 Å². The highest BCUT2D eigenvalue weighted by atomic mass is 35.5. The summed E-state index contributed by atoms with van der Waals surface area (Å²) in [6.07, 6.45) is -3.90. The zero-order valence-corrected chi connectivity index (χ0v) is 22.3. The Balaban J connectivity index is 0.00000139. The Kier molecular flexibility index (Phi) is 11.5. The molecule has 0 aliphatic carbocycles. The van der Waals surface area contributed by atoms with Gasteiger partial charge in [0, 0.05) is 31.0 Å². The van der Waals surface area contributed by atoms with Crippen LogP contribution >= 0.6 is 23.4 Å². The lowest BCUT2D eigenvalue weighted by molar-refractivity contribution is -0.144. The van der Waals surface area contributed by atoms with Crippen molar-refractivity contribution < 1.29 is 42.2 Å². The van der Waals surface area contributed by atoms with Gasteiger partial charge in [-0.05, 0) is 31.6 Å². The van der Waals surface area contributed by atoms with Gasteiger partial charge >= 0.3 is 23.8 Å². The van der Waals surface area contributed by atoms with Crippen molar-refractivity contribution in [2.45, 2.75) is 42.5 Å². The first kappa shape index (κ1) is 33.4. The molecule has 3 N–H and O–H groups in total. The van der Waals surface area contributed by atoms with Crippen molar-refractivity contribution in [2.24, 2.45) is 7.05 Å². The zero-order valence-electron chi connectivity index (χ0n) is 20.8. The predicted molar refractivity (Wildman–Crippen MR) is 135 cm³/mol. The lowest BCUT2D eigenvalue weighted by atomic mass is 10.1. The number of amides is 1. The van der Waals surface area contributed by atoms with E-state index < -0.39 is 57.2 Å². The van der Waals surface area contributed by atoms with Crippen LogP contribution in [0.1, 0.15) is 32.4 Å². The second kappa shape index (κ2) is 13.5. The number of alkyl halides is 3. The van der Waals surface area contributed by atoms with Crippen LogP contribution in [-0.2, 0) is 27.6 Å². The van der Waals surface area contributed by atoms with Crippen molar-refractivity contribution in [3.05, 3.63) is 68.2 Å². The summed E-state index contributed by atoms with van der Waals surface area (Å²) >= 11 is 6.69. The fourth-order valence-corrected chi connectivity index (χ4v) is 4.20. The number of carboxylic acids is 2. The number of aromatic nitrogens is 2. The summed E-state index contributed by atoms with van der Waals surface area (Å²) in [5.74, 6) is -3.78. The van der Waals surface area contributed by atoms with Crippen LogP contribution < -0.4 is 16.6 Å². The Morgan fingerprint density at radius 1 is 1.18 bits per heavy atom. The van der Waals surface area contributed by atoms with E-state index >= 15 is 0 Å². The SMILES string of the molecule is C=CC(=O)NCCC(C)(Sc1cc(-n2c(=O)cc(C(F)(F)F)n(C)c2=O)c(F)cc1Cl)C(=O)O.CCC(=O)O. The van der Waals surface area contributed by atoms with Gasteiger partial charge in [0.25, 0.3) is 5.56 Å². The number of nitrogens with zero attached hydrogens (tertiary/aromatic N) is 2. The molecule has 214 valence electrons. The van der Waals surface area contributed by atoms with Gasteiger partial charge in [-0.3, -0.25) is 23.7 Å². The smallest absolute Gasteiger partial charge is 0.431 e. The third kappa shape index (κ3) is 8.71. The Bertz CT molecular complexity index is 1390. The van der Waals surface area contributed by atoms with Crippen LogP contribution in [0.5, 0.6) is 0 Å². The highest BCUT2D eigenvalue weighted by Gasteiger charge is 2.37. The maximum Gasteiger partial charge on any atom is 0.431 e. The molecule has 0 fully saturated rings. The average molecular weight is 598 g/mol. The van der Waals surface area contributed by atoms with Crippen molar-refractivity contribution in [2.75, 3.05) is 6.54 Å². The zero-order chi connectivity index (χ0) is 30.3. The average Bonchev–Trinajstić information content (AvgIpc) is 2.83. The Morgan fingerprint density at radius 3 is 2.21 bits per heavy atom. The summed E-state index contributed by atoms with van der Waals surface area (Å²) in [4.78, 5) is 57.4. The van der Waals surface area contributed by atoms with Gasteiger partial charge in [0.05, 0.1) is 10.7 Å². The van der Waals surface area contributed by atoms with Crippen LogP contribution in [0, 0.1) is 5.82 Å². The van der Waals surface area contributed by atoms with Crippen LogP contribution in [-0.4, -0.2) is 48.5 Å². The molecule has 2 rings (SSSR count). The number of rotatable bonds is 9. The summed E-state index contributed by atoms with van der Waals surface area (Å²) in [5.41, 5.74) is -5.15. The molecule has 1 amide bonds. The lowest BCUT2D eigenvalue weighted by Crippen LogP contribution is -2.41. The van der Waals surface area contributed by atoms with E-state index in [9.17, 15) is 46.6 Å². The number of benzene rings is 1. The van der Waals surface area contributed by atoms with Gasteiger partial charge in [0.15, 0.2) is 0 Å². The molecule has 1 aromatic carbocycles. The number of carboxylic acid groups (broad SMARTS) is 2. The molecule has 0 saturated carbocycles. The summed E-state index contributed by atoms with van der Waals surface area (Å²) in [6.45, 7) is 6.12. The minimum Gasteiger partial charge on any atom is -0.481 e. The highest BCUT2D eigenvalue weighted by molar-refractivity contribution is 8.01. The number of hydrogen-bond donors (Lipinski definition) is 3. The molecular weight excluding hydrogens is 574 g/mol. The molecule has 1 unspecified atom stereocenters. The van der Waals surface area contributed by atoms with Crippen molar-refractivity contribution in [1.82, 2.24) is 14.5 Å². The van der Waals surface area contributed by atoms with E-state index in [0.29, 0.717) is 17.8 Å². The van der Waals surface area contributed by atoms with Crippen molar-refractivity contribution >= 4 is 41.2 Å². The first-order valence-electron chi connectivity index (χ1n) is 10.8. The van der Waals surface area contributed by atoms with Gasteiger partial charge in [-0.1, -0.05) is 25.1 Å². The lowest BCUT2D eigenvalue weighted by Gasteiger charge is -2.25. The van der Waals surface area contributed by atoms with E-state index in [4.69, 9.17) is 16.7 Å². The van der Waals surface area contributed by atoms with Gasteiger partial charge in [0.2, 0.25) is 5.91 Å². The molecule has 0 aliphatic heterocycles. The van der Waals surface area contributed by atoms with Gasteiger partial charge in [-0.25, -0.2) is 13.8 Å². The summed E-state index contributed by atoms with van der Waals surface area (Å²) in [6, 6.07) is 1.76. The topological polar surface area (TPSA) is 148 Å². The third-order valence-corrected chi connectivity index (χ3v) is 6.84. The second-order valence-corrected chi connectivity index (χ2v) is 9.86. The number of hydrogen-bond acceptors (Lipinski definition) is 6. The predicted octanol–water partition coefficient (Wildman–Crippen LogP) is 3.46. The van der Waals surface area contributed by atoms with Gasteiger partial charge < -0.3 is 15.5 Å². The maximum absolute atomic E-state index is 14.7. The molecular formula is C23H24ClF4N3O7S. The number of carbonyl (C=O) groups is 3. The molecule has 2 aromatic rings. The molecule has 0 aliphatic rings. The highest BCUT2D eigenvalue weighted by Crippen LogP contribution is 2.40. The van der Waals surface area contributed by atoms with Crippen molar-refractivity contribution in [1.29, 1.82) is 0 Å². The van der Waals surface area contributed by atoms with Crippen LogP contribution in [0.2, 0.25) is 5.02 Å². The van der Waals surface area contributed by atoms with Gasteiger partial charge in [0.1, 0.15) is 16.3 Å². The molecule has 0 saturated heterocycles. The standard InChI is InChI=1S/C20H18ClF4N3O5S.C3H6O2/c1-4-15(29)26-6-5-19(2,17(31)32)34-13-8-12(11(22)7-10(13)21)28-16(30)9-14(20(23,24)25)27(3)18(28)33;1-2-3(4)5/h4,7-9H,1,5-6H2,2-3H3,(H,26,29)(H,31,32);2H2,1H3,(H,4,5). The van der Waals surface area contributed by atoms with Crippen LogP contribution in [0.25, 0.3) is 5.69 Å². The summed E-state index contributed by atoms with van der Waals surface area (Å²) < 4.78 is 52.6. The van der Waals surface area contributed by atoms with Crippen molar-refractivity contribution in [3.63, 3.8) is 0 Å². The maximum atomic E-state index is 14.7. The quantitative estimate of drug-likeness (QED) is 0.226. The second-order valence-electron chi connectivity index (χ2n) is 7.91. The fourth-order valence-electron chi connectivity index (χ4n) is 2.83. The summed E-state index contributed by atoms with van der Waals surface area (Å²) in [7, 11) is 0.767. The number of halogens is 5. The van der Waals surface area contributed by atoms with E-state index in [1.165, 1.54) is 6.92 Å². The molecule has 10 nitrogen and oxygen atoms in total. The van der Waals surface area contributed by atoms with E-state index in [0.717, 1.165) is 19.2 Å². The first-order valence-corrected chi connectivity index (χ1v) is 12.0. The Labute approximate surface area is 227 Å². The first-order chi connectivity index (χ1) is 17.9. The fraction of sp³-hybridized carbons (Fsp3) is 0.348. The molecule has 1 atom stereocenters. The minimum absolute atomic E-state index is 0.0631. The summed E-state index contributed by atoms with van der Waals surface area (Å²) in [5, 5.41) is 19.6. The van der Waals surface area contributed by atoms with E-state index in [-0.39, 0.29) is 44.5 Å². The van der Waals surface area contributed by atoms with E-state index in [1.807, 2.05) is 0 Å². The number of thioether (sulfide) groups is 1. The third-order valence-electron chi connectivity index (χ3n) is 5.03. The Morgan fingerprint density at radius 2 is 1.74 bits per heavy atom. The molecule has 0 radical (unpaired) electrons. The number of carbonyl (C=O) groups excluding carboxylic acids is 1. The van der Waals surface area contributed by atoms with Gasteiger partial charge in [-0.2, -0.15) is 13.2 Å². The van der Waals surface area contributed by atoms with E-state index in [2.05, 4.69) is 11.9 Å². The number of nitrogens with one attached hydrogen (secondary N) is 1. The molecule has 16 heteroatoms. The largest absolute Gasteiger partial charge is 0.481 e. The molecule has 39 heavy (non-hydrogen) atoms. The van der Waals surface area contributed by atoms with Crippen LogP contribution in [0.15, 0.2) is 45.3 Å². The monoisotopic (exact) mass is 597 g/mol. The normalized spacial score (nSPS) is 12.5. The van der Waals surface area contributed by atoms with E-state index in [1.54, 1.807) is 6.92 Å². The molecule has 0 spiro atoms. The van der Waals surface area contributed by atoms with Crippen LogP contribution in [0.4, 0.5) is 17.6 Å². The Hall–Kier alpha value is -3.59. The molecule has 1 aromatic heterocycles. The molecule has 1 heterocycles. The minimum atomic E-state index is -5.00.